The molecule has 1 aliphatic heterocycles. The second kappa shape index (κ2) is 6.50. The minimum absolute atomic E-state index is 0.359. The third-order valence-electron chi connectivity index (χ3n) is 3.21. The molecule has 2 rings (SSSR count). The first-order valence-corrected chi connectivity index (χ1v) is 7.17. The summed E-state index contributed by atoms with van der Waals surface area (Å²) in [5, 5.41) is 5.55. The van der Waals surface area contributed by atoms with Crippen LogP contribution in [0.1, 0.15) is 10.4 Å². The fourth-order valence-electron chi connectivity index (χ4n) is 2.13. The first kappa shape index (κ1) is 13.0. The van der Waals surface area contributed by atoms with Crippen LogP contribution in [0.2, 0.25) is 0 Å². The van der Waals surface area contributed by atoms with Crippen LogP contribution >= 0.6 is 11.3 Å². The number of ether oxygens (including phenoxy) is 1. The standard InChI is InChI=1S/C13H22N2OS/c1-11-4-8-17-13(11)3-6-15(2)10-12-9-14-5-7-16-12/h4,8,12,14H,3,5-7,9-10H2,1-2H3. The van der Waals surface area contributed by atoms with Crippen molar-refractivity contribution in [2.75, 3.05) is 39.8 Å². The predicted molar refractivity (Wildman–Crippen MR) is 72.9 cm³/mol. The van der Waals surface area contributed by atoms with E-state index in [9.17, 15) is 0 Å². The molecular formula is C13H22N2OS. The number of hydrogen-bond donors (Lipinski definition) is 1. The van der Waals surface area contributed by atoms with Crippen molar-refractivity contribution in [1.29, 1.82) is 0 Å². The van der Waals surface area contributed by atoms with Crippen LogP contribution in [0.5, 0.6) is 0 Å². The molecule has 0 aliphatic carbocycles. The first-order valence-electron chi connectivity index (χ1n) is 6.29. The number of morpholine rings is 1. The van der Waals surface area contributed by atoms with Gasteiger partial charge < -0.3 is 15.0 Å². The van der Waals surface area contributed by atoms with Gasteiger partial charge in [0.05, 0.1) is 12.7 Å². The molecule has 0 bridgehead atoms. The van der Waals surface area contributed by atoms with E-state index in [0.717, 1.165) is 39.2 Å². The third-order valence-corrected chi connectivity index (χ3v) is 4.29. The molecule has 1 saturated heterocycles. The number of nitrogens with one attached hydrogen (secondary N) is 1. The normalized spacial score (nSPS) is 21.0. The molecule has 4 heteroatoms. The Hall–Kier alpha value is -0.420. The van der Waals surface area contributed by atoms with Crippen molar-refractivity contribution in [1.82, 2.24) is 10.2 Å². The molecule has 1 atom stereocenters. The number of likely N-dealkylation sites (N-methyl/N-ethyl adjacent to an activating group) is 1. The van der Waals surface area contributed by atoms with E-state index in [2.05, 4.69) is 35.6 Å². The molecule has 2 heterocycles. The molecule has 0 saturated carbocycles. The first-order chi connectivity index (χ1) is 8.25. The smallest absolute Gasteiger partial charge is 0.0826 e. The molecule has 96 valence electrons. The third kappa shape index (κ3) is 4.07. The van der Waals surface area contributed by atoms with Gasteiger partial charge in [0.15, 0.2) is 0 Å². The van der Waals surface area contributed by atoms with Gasteiger partial charge in [0.2, 0.25) is 0 Å². The average molecular weight is 254 g/mol. The number of hydrogen-bond acceptors (Lipinski definition) is 4. The van der Waals surface area contributed by atoms with Crippen LogP contribution in [0.4, 0.5) is 0 Å². The Morgan fingerprint density at radius 1 is 1.59 bits per heavy atom. The van der Waals surface area contributed by atoms with E-state index in [-0.39, 0.29) is 0 Å². The van der Waals surface area contributed by atoms with Gasteiger partial charge in [0, 0.05) is 31.1 Å². The number of aryl methyl sites for hydroxylation is 1. The van der Waals surface area contributed by atoms with E-state index in [1.54, 1.807) is 0 Å². The van der Waals surface area contributed by atoms with Crippen LogP contribution in [-0.4, -0.2) is 50.8 Å². The fraction of sp³-hybridized carbons (Fsp3) is 0.692. The topological polar surface area (TPSA) is 24.5 Å². The molecule has 17 heavy (non-hydrogen) atoms. The SMILES string of the molecule is Cc1ccsc1CCN(C)CC1CNCCO1. The molecule has 0 amide bonds. The van der Waals surface area contributed by atoms with E-state index < -0.39 is 0 Å². The maximum absolute atomic E-state index is 5.71. The Kier molecular flexibility index (Phi) is 4.98. The Morgan fingerprint density at radius 2 is 2.47 bits per heavy atom. The Labute approximate surface area is 108 Å². The Morgan fingerprint density at radius 3 is 3.12 bits per heavy atom. The van der Waals surface area contributed by atoms with Crippen molar-refractivity contribution < 1.29 is 4.74 Å². The van der Waals surface area contributed by atoms with E-state index in [0.29, 0.717) is 6.10 Å². The summed E-state index contributed by atoms with van der Waals surface area (Å²) >= 11 is 1.87. The summed E-state index contributed by atoms with van der Waals surface area (Å²) in [5.74, 6) is 0. The van der Waals surface area contributed by atoms with Crippen LogP contribution in [0.25, 0.3) is 0 Å². The van der Waals surface area contributed by atoms with Crippen molar-refractivity contribution in [3.05, 3.63) is 21.9 Å². The van der Waals surface area contributed by atoms with Crippen molar-refractivity contribution in [3.8, 4) is 0 Å². The lowest BCUT2D eigenvalue weighted by Gasteiger charge is -2.27. The van der Waals surface area contributed by atoms with Crippen molar-refractivity contribution >= 4 is 11.3 Å². The maximum Gasteiger partial charge on any atom is 0.0826 e. The van der Waals surface area contributed by atoms with Crippen molar-refractivity contribution in [2.45, 2.75) is 19.4 Å². The van der Waals surface area contributed by atoms with Crippen LogP contribution in [0.3, 0.4) is 0 Å². The Bertz CT molecular complexity index is 334. The Balaban J connectivity index is 1.70. The summed E-state index contributed by atoms with van der Waals surface area (Å²) in [5.41, 5.74) is 1.43. The van der Waals surface area contributed by atoms with E-state index in [4.69, 9.17) is 4.74 Å². The average Bonchev–Trinajstić information content (AvgIpc) is 2.74. The van der Waals surface area contributed by atoms with Gasteiger partial charge in [-0.25, -0.2) is 0 Å². The zero-order valence-corrected chi connectivity index (χ0v) is 11.6. The monoisotopic (exact) mass is 254 g/mol. The fourth-order valence-corrected chi connectivity index (χ4v) is 3.03. The molecule has 1 N–H and O–H groups in total. The highest BCUT2D eigenvalue weighted by atomic mass is 32.1. The van der Waals surface area contributed by atoms with Gasteiger partial charge in [0.1, 0.15) is 0 Å². The minimum atomic E-state index is 0.359. The van der Waals surface area contributed by atoms with Gasteiger partial charge >= 0.3 is 0 Å². The van der Waals surface area contributed by atoms with Gasteiger partial charge in [-0.1, -0.05) is 0 Å². The highest BCUT2D eigenvalue weighted by molar-refractivity contribution is 7.10. The van der Waals surface area contributed by atoms with Gasteiger partial charge in [-0.3, -0.25) is 0 Å². The van der Waals surface area contributed by atoms with E-state index in [1.165, 1.54) is 10.4 Å². The van der Waals surface area contributed by atoms with Crippen molar-refractivity contribution in [2.24, 2.45) is 0 Å². The zero-order valence-electron chi connectivity index (χ0n) is 10.7. The van der Waals surface area contributed by atoms with Gasteiger partial charge in [-0.2, -0.15) is 0 Å². The summed E-state index contributed by atoms with van der Waals surface area (Å²) in [6, 6.07) is 2.20. The van der Waals surface area contributed by atoms with Crippen molar-refractivity contribution in [3.63, 3.8) is 0 Å². The molecule has 1 unspecified atom stereocenters. The minimum Gasteiger partial charge on any atom is -0.374 e. The highest BCUT2D eigenvalue weighted by Crippen LogP contribution is 2.16. The van der Waals surface area contributed by atoms with Gasteiger partial charge in [-0.15, -0.1) is 11.3 Å². The zero-order chi connectivity index (χ0) is 12.1. The highest BCUT2D eigenvalue weighted by Gasteiger charge is 2.15. The van der Waals surface area contributed by atoms with Crippen LogP contribution < -0.4 is 5.32 Å². The van der Waals surface area contributed by atoms with E-state index >= 15 is 0 Å². The number of nitrogens with zero attached hydrogens (tertiary/aromatic N) is 1. The van der Waals surface area contributed by atoms with Gasteiger partial charge in [-0.05, 0) is 37.4 Å². The van der Waals surface area contributed by atoms with Crippen LogP contribution in [0, 0.1) is 6.92 Å². The van der Waals surface area contributed by atoms with Crippen LogP contribution in [-0.2, 0) is 11.2 Å². The number of thiophene rings is 1. The summed E-state index contributed by atoms with van der Waals surface area (Å²) in [4.78, 5) is 3.89. The second-order valence-corrected chi connectivity index (χ2v) is 5.74. The molecule has 0 aromatic carbocycles. The van der Waals surface area contributed by atoms with E-state index in [1.807, 2.05) is 11.3 Å². The molecule has 0 radical (unpaired) electrons. The second-order valence-electron chi connectivity index (χ2n) is 4.74. The molecule has 1 aromatic heterocycles. The van der Waals surface area contributed by atoms with Crippen LogP contribution in [0.15, 0.2) is 11.4 Å². The maximum atomic E-state index is 5.71. The molecule has 1 aliphatic rings. The molecule has 3 nitrogen and oxygen atoms in total. The lowest BCUT2D eigenvalue weighted by Crippen LogP contribution is -2.44. The summed E-state index contributed by atoms with van der Waals surface area (Å²) < 4.78 is 5.71. The lowest BCUT2D eigenvalue weighted by molar-refractivity contribution is 0.0103. The predicted octanol–water partition coefficient (Wildman–Crippen LogP) is 1.52. The lowest BCUT2D eigenvalue weighted by atomic mass is 10.2. The van der Waals surface area contributed by atoms with Gasteiger partial charge in [0.25, 0.3) is 0 Å². The molecule has 0 spiro atoms. The largest absolute Gasteiger partial charge is 0.374 e. The quantitative estimate of drug-likeness (QED) is 0.862. The number of rotatable bonds is 5. The molecular weight excluding hydrogens is 232 g/mol. The molecule has 1 aromatic rings. The summed E-state index contributed by atoms with van der Waals surface area (Å²) in [6.45, 7) is 7.16. The summed E-state index contributed by atoms with van der Waals surface area (Å²) in [6.07, 6.45) is 1.51. The summed E-state index contributed by atoms with van der Waals surface area (Å²) in [7, 11) is 2.18. The molecule has 1 fully saturated rings.